The number of alkyl halides is 1. The third-order valence-electron chi connectivity index (χ3n) is 2.19. The second kappa shape index (κ2) is 6.34. The molecule has 1 N–H and O–H groups in total. The number of nitrogens with one attached hydrogen (secondary N) is 1. The Hall–Kier alpha value is -1.63. The van der Waals surface area contributed by atoms with Gasteiger partial charge >= 0.3 is 5.97 Å². The summed E-state index contributed by atoms with van der Waals surface area (Å²) >= 11 is 5.49. The summed E-state index contributed by atoms with van der Waals surface area (Å²) < 4.78 is 0. The summed E-state index contributed by atoms with van der Waals surface area (Å²) in [4.78, 5) is 49.2. The number of hydrogen-bond acceptors (Lipinski definition) is 5. The Bertz CT molecular complexity index is 366. The Morgan fingerprint density at radius 3 is 2.44 bits per heavy atom. The number of amides is 3. The molecule has 0 spiro atoms. The monoisotopic (exact) mass is 276 g/mol. The van der Waals surface area contributed by atoms with Crippen molar-refractivity contribution in [1.29, 1.82) is 0 Å². The van der Waals surface area contributed by atoms with Gasteiger partial charge in [-0.25, -0.2) is 4.79 Å². The van der Waals surface area contributed by atoms with E-state index in [2.05, 4.69) is 10.2 Å². The van der Waals surface area contributed by atoms with Gasteiger partial charge in [0, 0.05) is 19.4 Å². The molecule has 1 heterocycles. The molecule has 0 aromatic carbocycles. The molecule has 0 aromatic rings. The van der Waals surface area contributed by atoms with E-state index in [0.717, 1.165) is 0 Å². The molecule has 1 rings (SSSR count). The first-order chi connectivity index (χ1) is 8.41. The maximum Gasteiger partial charge on any atom is 0.334 e. The standard InChI is InChI=1S/C10H13ClN2O5/c1-6(11)10(17)12-5-4-9(16)18-13-7(14)2-3-8(13)15/h6H,2-5H2,1H3,(H,12,17). The third-order valence-corrected chi connectivity index (χ3v) is 2.39. The van der Waals surface area contributed by atoms with Gasteiger partial charge < -0.3 is 10.2 Å². The van der Waals surface area contributed by atoms with Crippen LogP contribution < -0.4 is 5.32 Å². The molecule has 100 valence electrons. The van der Waals surface area contributed by atoms with Gasteiger partial charge in [-0.3, -0.25) is 14.4 Å². The Morgan fingerprint density at radius 2 is 1.94 bits per heavy atom. The fourth-order valence-corrected chi connectivity index (χ4v) is 1.31. The van der Waals surface area contributed by atoms with Gasteiger partial charge in [-0.15, -0.1) is 16.7 Å². The van der Waals surface area contributed by atoms with Gasteiger partial charge in [-0.05, 0) is 6.92 Å². The minimum atomic E-state index is -0.763. The minimum Gasteiger partial charge on any atom is -0.354 e. The van der Waals surface area contributed by atoms with E-state index in [1.165, 1.54) is 6.92 Å². The zero-order valence-electron chi connectivity index (χ0n) is 9.77. The highest BCUT2D eigenvalue weighted by Gasteiger charge is 2.32. The van der Waals surface area contributed by atoms with E-state index in [0.29, 0.717) is 5.06 Å². The van der Waals surface area contributed by atoms with Crippen molar-refractivity contribution >= 4 is 35.3 Å². The van der Waals surface area contributed by atoms with Crippen molar-refractivity contribution in [2.75, 3.05) is 6.54 Å². The van der Waals surface area contributed by atoms with E-state index < -0.39 is 29.1 Å². The van der Waals surface area contributed by atoms with Gasteiger partial charge in [-0.2, -0.15) is 0 Å². The maximum absolute atomic E-state index is 11.3. The molecule has 1 aliphatic rings. The number of carbonyl (C=O) groups is 4. The first-order valence-electron chi connectivity index (χ1n) is 5.40. The molecule has 0 aromatic heterocycles. The Morgan fingerprint density at radius 1 is 1.39 bits per heavy atom. The normalized spacial score (nSPS) is 16.7. The van der Waals surface area contributed by atoms with Gasteiger partial charge in [0.1, 0.15) is 5.38 Å². The van der Waals surface area contributed by atoms with E-state index in [1.54, 1.807) is 0 Å². The van der Waals surface area contributed by atoms with Gasteiger partial charge in [0.15, 0.2) is 0 Å². The van der Waals surface area contributed by atoms with Crippen LogP contribution in [0.1, 0.15) is 26.2 Å². The Labute approximate surface area is 108 Å². The second-order valence-electron chi connectivity index (χ2n) is 3.70. The van der Waals surface area contributed by atoms with Crippen molar-refractivity contribution in [1.82, 2.24) is 10.4 Å². The molecule has 1 atom stereocenters. The number of imide groups is 1. The molecular weight excluding hydrogens is 264 g/mol. The van der Waals surface area contributed by atoms with E-state index in [4.69, 9.17) is 11.6 Å². The van der Waals surface area contributed by atoms with Crippen molar-refractivity contribution in [3.8, 4) is 0 Å². The number of nitrogens with zero attached hydrogens (tertiary/aromatic N) is 1. The van der Waals surface area contributed by atoms with Crippen LogP contribution in [0.15, 0.2) is 0 Å². The van der Waals surface area contributed by atoms with Crippen LogP contribution >= 0.6 is 11.6 Å². The number of carbonyl (C=O) groups excluding carboxylic acids is 4. The predicted octanol–water partition coefficient (Wildman–Crippen LogP) is -0.273. The highest BCUT2D eigenvalue weighted by molar-refractivity contribution is 6.30. The highest BCUT2D eigenvalue weighted by atomic mass is 35.5. The quantitative estimate of drug-likeness (QED) is 0.551. The van der Waals surface area contributed by atoms with Crippen molar-refractivity contribution in [2.45, 2.75) is 31.6 Å². The molecule has 0 aliphatic carbocycles. The van der Waals surface area contributed by atoms with Crippen molar-refractivity contribution in [3.63, 3.8) is 0 Å². The number of rotatable bonds is 5. The lowest BCUT2D eigenvalue weighted by atomic mass is 10.4. The molecule has 0 saturated carbocycles. The molecule has 0 radical (unpaired) electrons. The summed E-state index contributed by atoms with van der Waals surface area (Å²) in [7, 11) is 0. The summed E-state index contributed by atoms with van der Waals surface area (Å²) in [5.41, 5.74) is 0. The van der Waals surface area contributed by atoms with Crippen molar-refractivity contribution in [3.05, 3.63) is 0 Å². The lowest BCUT2D eigenvalue weighted by Crippen LogP contribution is -2.35. The maximum atomic E-state index is 11.3. The van der Waals surface area contributed by atoms with E-state index in [1.807, 2.05) is 0 Å². The number of halogens is 1. The summed E-state index contributed by atoms with van der Waals surface area (Å²) in [5.74, 6) is -2.24. The Balaban J connectivity index is 2.28. The fourth-order valence-electron chi connectivity index (χ4n) is 1.23. The van der Waals surface area contributed by atoms with Crippen LogP contribution in [-0.4, -0.2) is 40.7 Å². The average molecular weight is 277 g/mol. The van der Waals surface area contributed by atoms with Crippen LogP contribution in [0, 0.1) is 0 Å². The minimum absolute atomic E-state index is 0.0327. The summed E-state index contributed by atoms with van der Waals surface area (Å²) in [6, 6.07) is 0. The van der Waals surface area contributed by atoms with Crippen molar-refractivity contribution in [2.24, 2.45) is 0 Å². The molecule has 3 amide bonds. The zero-order chi connectivity index (χ0) is 13.7. The first kappa shape index (κ1) is 14.4. The predicted molar refractivity (Wildman–Crippen MR) is 60.1 cm³/mol. The highest BCUT2D eigenvalue weighted by Crippen LogP contribution is 2.12. The molecule has 1 saturated heterocycles. The van der Waals surface area contributed by atoms with Crippen molar-refractivity contribution < 1.29 is 24.0 Å². The van der Waals surface area contributed by atoms with Crippen LogP contribution in [0.4, 0.5) is 0 Å². The third kappa shape index (κ3) is 3.99. The van der Waals surface area contributed by atoms with Gasteiger partial charge in [0.05, 0.1) is 6.42 Å². The van der Waals surface area contributed by atoms with Crippen LogP contribution in [0.3, 0.4) is 0 Å². The van der Waals surface area contributed by atoms with Gasteiger partial charge in [-0.1, -0.05) is 0 Å². The van der Waals surface area contributed by atoms with Crippen LogP contribution in [-0.2, 0) is 24.0 Å². The van der Waals surface area contributed by atoms with Crippen LogP contribution in [0.25, 0.3) is 0 Å². The molecule has 18 heavy (non-hydrogen) atoms. The zero-order valence-corrected chi connectivity index (χ0v) is 10.5. The Kier molecular flexibility index (Phi) is 5.08. The molecule has 1 fully saturated rings. The SMILES string of the molecule is CC(Cl)C(=O)NCCC(=O)ON1C(=O)CCC1=O. The summed E-state index contributed by atoms with van der Waals surface area (Å²) in [5, 5.41) is 2.17. The van der Waals surface area contributed by atoms with Crippen LogP contribution in [0.5, 0.6) is 0 Å². The summed E-state index contributed by atoms with van der Waals surface area (Å²) in [6.45, 7) is 1.53. The molecule has 8 heteroatoms. The number of hydrogen-bond donors (Lipinski definition) is 1. The smallest absolute Gasteiger partial charge is 0.334 e. The average Bonchev–Trinajstić information content (AvgIpc) is 2.60. The van der Waals surface area contributed by atoms with Gasteiger partial charge in [0.25, 0.3) is 11.8 Å². The van der Waals surface area contributed by atoms with Gasteiger partial charge in [0.2, 0.25) is 5.91 Å². The molecule has 1 aliphatic heterocycles. The molecule has 7 nitrogen and oxygen atoms in total. The molecule has 0 bridgehead atoms. The topological polar surface area (TPSA) is 92.8 Å². The van der Waals surface area contributed by atoms with E-state index in [9.17, 15) is 19.2 Å². The fraction of sp³-hybridized carbons (Fsp3) is 0.600. The first-order valence-corrected chi connectivity index (χ1v) is 5.84. The van der Waals surface area contributed by atoms with E-state index in [-0.39, 0.29) is 25.8 Å². The largest absolute Gasteiger partial charge is 0.354 e. The summed E-state index contributed by atoms with van der Waals surface area (Å²) in [6.07, 6.45) is -0.0500. The lowest BCUT2D eigenvalue weighted by Gasteiger charge is -2.12. The van der Waals surface area contributed by atoms with Crippen LogP contribution in [0.2, 0.25) is 0 Å². The lowest BCUT2D eigenvalue weighted by molar-refractivity contribution is -0.197. The molecular formula is C10H13ClN2O5. The molecule has 1 unspecified atom stereocenters. The van der Waals surface area contributed by atoms with E-state index >= 15 is 0 Å². The second-order valence-corrected chi connectivity index (χ2v) is 4.36. The number of hydroxylamine groups is 2.